The van der Waals surface area contributed by atoms with Crippen molar-refractivity contribution < 1.29 is 37.8 Å². The maximum absolute atomic E-state index is 10.5. The topological polar surface area (TPSA) is 134 Å². The fourth-order valence-corrected chi connectivity index (χ4v) is 2.90. The van der Waals surface area contributed by atoms with E-state index < -0.39 is 15.6 Å². The molecular formula is C18H18O8P2. The van der Waals surface area contributed by atoms with Gasteiger partial charge in [0.05, 0.1) is 0 Å². The van der Waals surface area contributed by atoms with E-state index in [2.05, 4.69) is 57.6 Å². The highest BCUT2D eigenvalue weighted by molar-refractivity contribution is 7.47. The highest BCUT2D eigenvalue weighted by Crippen LogP contribution is 2.41. The van der Waals surface area contributed by atoms with E-state index in [1.165, 1.54) is 29.3 Å². The van der Waals surface area contributed by atoms with E-state index in [0.717, 1.165) is 6.07 Å². The van der Waals surface area contributed by atoms with Gasteiger partial charge >= 0.3 is 15.6 Å². The van der Waals surface area contributed by atoms with Gasteiger partial charge in [0.15, 0.2) is 0 Å². The van der Waals surface area contributed by atoms with Crippen LogP contribution in [0.5, 0.6) is 11.5 Å². The summed E-state index contributed by atoms with van der Waals surface area (Å²) in [5, 5.41) is 0. The Hall–Kier alpha value is -2.44. The minimum Gasteiger partial charge on any atom is -0.404 e. The van der Waals surface area contributed by atoms with Crippen molar-refractivity contribution in [1.29, 1.82) is 0 Å². The molecule has 0 radical (unpaired) electrons. The van der Waals surface area contributed by atoms with Crippen molar-refractivity contribution >= 4 is 15.6 Å². The summed E-state index contributed by atoms with van der Waals surface area (Å²) < 4.78 is 29.3. The van der Waals surface area contributed by atoms with Crippen LogP contribution >= 0.6 is 15.6 Å². The lowest BCUT2D eigenvalue weighted by atomic mass is 10.1. The maximum atomic E-state index is 10.5. The molecule has 0 atom stereocenters. The van der Waals surface area contributed by atoms with E-state index in [-0.39, 0.29) is 11.5 Å². The second kappa shape index (κ2) is 9.66. The lowest BCUT2D eigenvalue weighted by molar-refractivity contribution is 0.280. The van der Waals surface area contributed by atoms with Crippen LogP contribution in [-0.2, 0) is 9.13 Å². The third-order valence-corrected chi connectivity index (χ3v) is 4.03. The fraction of sp³-hybridized carbons (Fsp3) is 0. The molecule has 0 saturated carbocycles. The number of benzene rings is 3. The third kappa shape index (κ3) is 8.50. The zero-order valence-corrected chi connectivity index (χ0v) is 16.2. The molecule has 3 rings (SSSR count). The number of phosphoric acid groups is 2. The molecule has 0 aliphatic carbocycles. The molecule has 0 heterocycles. The molecular weight excluding hydrogens is 406 g/mol. The Morgan fingerprint density at radius 3 is 1.21 bits per heavy atom. The zero-order chi connectivity index (χ0) is 20.6. The number of phosphoric ester groups is 2. The van der Waals surface area contributed by atoms with Crippen molar-refractivity contribution in [2.24, 2.45) is 0 Å². The molecule has 8 nitrogen and oxygen atoms in total. The van der Waals surface area contributed by atoms with Crippen LogP contribution in [-0.4, -0.2) is 19.6 Å². The summed E-state index contributed by atoms with van der Waals surface area (Å²) in [6, 6.07) is 25.4. The van der Waals surface area contributed by atoms with Crippen LogP contribution in [0.15, 0.2) is 84.9 Å². The molecule has 0 fully saturated rings. The monoisotopic (exact) mass is 424 g/mol. The zero-order valence-electron chi connectivity index (χ0n) is 14.4. The van der Waals surface area contributed by atoms with Crippen LogP contribution in [0.3, 0.4) is 0 Å². The van der Waals surface area contributed by atoms with Crippen molar-refractivity contribution in [2.45, 2.75) is 0 Å². The summed E-state index contributed by atoms with van der Waals surface area (Å²) in [6.07, 6.45) is 0. The molecule has 0 aromatic heterocycles. The van der Waals surface area contributed by atoms with Gasteiger partial charge in [-0.25, -0.2) is 9.13 Å². The second-order valence-corrected chi connectivity index (χ2v) is 7.70. The summed E-state index contributed by atoms with van der Waals surface area (Å²) in [7, 11) is -9.42. The van der Waals surface area contributed by atoms with E-state index >= 15 is 0 Å². The fourth-order valence-electron chi connectivity index (χ4n) is 2.12. The second-order valence-electron chi connectivity index (χ2n) is 5.37. The third-order valence-electron chi connectivity index (χ3n) is 3.14. The molecule has 0 unspecified atom stereocenters. The van der Waals surface area contributed by atoms with Crippen LogP contribution in [0.2, 0.25) is 0 Å². The molecule has 10 heteroatoms. The van der Waals surface area contributed by atoms with Crippen molar-refractivity contribution in [2.75, 3.05) is 0 Å². The molecule has 0 bridgehead atoms. The summed E-state index contributed by atoms with van der Waals surface area (Å²) in [6.45, 7) is 0. The molecule has 0 saturated heterocycles. The van der Waals surface area contributed by atoms with Gasteiger partial charge in [-0.05, 0) is 23.3 Å². The van der Waals surface area contributed by atoms with Gasteiger partial charge in [-0.1, -0.05) is 66.7 Å². The van der Waals surface area contributed by atoms with E-state index in [4.69, 9.17) is 19.6 Å². The molecule has 28 heavy (non-hydrogen) atoms. The van der Waals surface area contributed by atoms with Crippen LogP contribution in [0, 0.1) is 0 Å². The normalized spacial score (nSPS) is 11.1. The maximum Gasteiger partial charge on any atom is 0.524 e. The number of rotatable bonds is 5. The van der Waals surface area contributed by atoms with Crippen LogP contribution < -0.4 is 9.05 Å². The Morgan fingerprint density at radius 1 is 0.536 bits per heavy atom. The van der Waals surface area contributed by atoms with Gasteiger partial charge in [-0.2, -0.15) is 0 Å². The quantitative estimate of drug-likeness (QED) is 0.452. The first-order chi connectivity index (χ1) is 13.1. The molecule has 0 amide bonds. The van der Waals surface area contributed by atoms with Crippen molar-refractivity contribution in [1.82, 2.24) is 0 Å². The van der Waals surface area contributed by atoms with Crippen LogP contribution in [0.25, 0.3) is 11.1 Å². The van der Waals surface area contributed by atoms with E-state index in [0.29, 0.717) is 0 Å². The van der Waals surface area contributed by atoms with Crippen LogP contribution in [0.4, 0.5) is 0 Å². The number of hydrogen-bond acceptors (Lipinski definition) is 4. The van der Waals surface area contributed by atoms with Gasteiger partial charge in [0.1, 0.15) is 11.5 Å². The van der Waals surface area contributed by atoms with E-state index in [9.17, 15) is 9.13 Å². The SMILES string of the molecule is O=P(O)(O)Oc1cccc(OP(=O)(O)O)c1.c1ccc(-c2ccccc2)cc1. The summed E-state index contributed by atoms with van der Waals surface area (Å²) in [5.74, 6) is -0.529. The van der Waals surface area contributed by atoms with Gasteiger partial charge in [-0.15, -0.1) is 0 Å². The average Bonchev–Trinajstić information content (AvgIpc) is 2.61. The molecule has 4 N–H and O–H groups in total. The van der Waals surface area contributed by atoms with Gasteiger partial charge in [-0.3, -0.25) is 19.6 Å². The Morgan fingerprint density at radius 2 is 0.893 bits per heavy atom. The van der Waals surface area contributed by atoms with Gasteiger partial charge in [0.25, 0.3) is 0 Å². The van der Waals surface area contributed by atoms with Crippen molar-refractivity contribution in [3.8, 4) is 22.6 Å². The summed E-state index contributed by atoms with van der Waals surface area (Å²) in [5.41, 5.74) is 2.55. The van der Waals surface area contributed by atoms with Gasteiger partial charge < -0.3 is 9.05 Å². The van der Waals surface area contributed by atoms with Crippen molar-refractivity contribution in [3.05, 3.63) is 84.9 Å². The summed E-state index contributed by atoms with van der Waals surface area (Å²) >= 11 is 0. The molecule has 0 spiro atoms. The highest BCUT2D eigenvalue weighted by atomic mass is 31.2. The highest BCUT2D eigenvalue weighted by Gasteiger charge is 2.19. The van der Waals surface area contributed by atoms with E-state index in [1.807, 2.05) is 12.1 Å². The Kier molecular flexibility index (Phi) is 7.54. The largest absolute Gasteiger partial charge is 0.524 e. The first-order valence-electron chi connectivity index (χ1n) is 7.83. The average molecular weight is 424 g/mol. The molecule has 3 aromatic rings. The first-order valence-corrected chi connectivity index (χ1v) is 10.9. The minimum absolute atomic E-state index is 0.265. The Bertz CT molecular complexity index is 890. The molecule has 3 aromatic carbocycles. The predicted octanol–water partition coefficient (Wildman–Crippen LogP) is 3.98. The van der Waals surface area contributed by atoms with Gasteiger partial charge in [0, 0.05) is 6.07 Å². The smallest absolute Gasteiger partial charge is 0.404 e. The molecule has 148 valence electrons. The first kappa shape index (κ1) is 21.9. The van der Waals surface area contributed by atoms with Crippen LogP contribution in [0.1, 0.15) is 0 Å². The van der Waals surface area contributed by atoms with Gasteiger partial charge in [0.2, 0.25) is 0 Å². The van der Waals surface area contributed by atoms with E-state index in [1.54, 1.807) is 0 Å². The lowest BCUT2D eigenvalue weighted by Gasteiger charge is -2.09. The number of hydrogen-bond donors (Lipinski definition) is 4. The Labute approximate surface area is 161 Å². The lowest BCUT2D eigenvalue weighted by Crippen LogP contribution is -1.92. The Balaban J connectivity index is 0.000000207. The molecule has 0 aliphatic rings. The summed E-state index contributed by atoms with van der Waals surface area (Å²) in [4.78, 5) is 34.0. The standard InChI is InChI=1S/C12H10.C6H8O8P2/c1-3-7-11(8-4-1)12-9-5-2-6-10-12;7-15(8,9)13-5-2-1-3-6(4-5)14-16(10,11)12/h1-10H;1-4H,(H2,7,8,9)(H2,10,11,12). The molecule has 0 aliphatic heterocycles. The minimum atomic E-state index is -4.71. The predicted molar refractivity (Wildman–Crippen MR) is 104 cm³/mol. The van der Waals surface area contributed by atoms with Crippen molar-refractivity contribution in [3.63, 3.8) is 0 Å².